The van der Waals surface area contributed by atoms with E-state index in [9.17, 15) is 14.4 Å². The maximum Gasteiger partial charge on any atom is 0.328 e. The average Bonchev–Trinajstić information content (AvgIpc) is 3.13. The van der Waals surface area contributed by atoms with E-state index in [1.54, 1.807) is 30.3 Å². The Labute approximate surface area is 211 Å². The van der Waals surface area contributed by atoms with E-state index < -0.39 is 17.7 Å². The number of hydrogen-bond acceptors (Lipinski definition) is 4. The SMILES string of the molecule is Cc1cc(NC(=O)c2cc3cc(Cl)ccc3n2NC(=O)C(=O)NCCCOC(C)C)ccc1Br. The monoisotopic (exact) mass is 548 g/mol. The number of nitrogens with one attached hydrogen (secondary N) is 3. The summed E-state index contributed by atoms with van der Waals surface area (Å²) in [6, 6.07) is 12.0. The third-order valence-electron chi connectivity index (χ3n) is 4.89. The molecule has 8 nitrogen and oxygen atoms in total. The molecule has 0 aliphatic heterocycles. The summed E-state index contributed by atoms with van der Waals surface area (Å²) < 4.78 is 7.63. The van der Waals surface area contributed by atoms with Crippen molar-refractivity contribution in [2.24, 2.45) is 0 Å². The first-order valence-electron chi connectivity index (χ1n) is 10.7. The zero-order valence-corrected chi connectivity index (χ0v) is 21.4. The molecule has 2 aromatic carbocycles. The zero-order chi connectivity index (χ0) is 24.8. The highest BCUT2D eigenvalue weighted by molar-refractivity contribution is 9.10. The molecule has 3 rings (SSSR count). The molecule has 0 bridgehead atoms. The second-order valence-corrected chi connectivity index (χ2v) is 9.25. The van der Waals surface area contributed by atoms with Crippen molar-refractivity contribution in [3.8, 4) is 0 Å². The van der Waals surface area contributed by atoms with Gasteiger partial charge in [0, 0.05) is 33.7 Å². The summed E-state index contributed by atoms with van der Waals surface area (Å²) >= 11 is 9.54. The molecule has 0 saturated carbocycles. The van der Waals surface area contributed by atoms with Gasteiger partial charge in [-0.15, -0.1) is 0 Å². The first-order chi connectivity index (χ1) is 16.2. The van der Waals surface area contributed by atoms with Crippen LogP contribution in [0.1, 0.15) is 36.3 Å². The Morgan fingerprint density at radius 2 is 1.85 bits per heavy atom. The van der Waals surface area contributed by atoms with Crippen LogP contribution in [-0.2, 0) is 14.3 Å². The summed E-state index contributed by atoms with van der Waals surface area (Å²) in [5, 5.41) is 6.49. The van der Waals surface area contributed by atoms with Crippen LogP contribution in [0.15, 0.2) is 46.9 Å². The Morgan fingerprint density at radius 1 is 1.09 bits per heavy atom. The Hall–Kier alpha value is -2.88. The molecule has 0 saturated heterocycles. The maximum absolute atomic E-state index is 13.1. The summed E-state index contributed by atoms with van der Waals surface area (Å²) in [7, 11) is 0. The van der Waals surface area contributed by atoms with Crippen molar-refractivity contribution in [1.29, 1.82) is 0 Å². The third kappa shape index (κ3) is 6.59. The fourth-order valence-corrected chi connectivity index (χ4v) is 3.64. The van der Waals surface area contributed by atoms with Gasteiger partial charge in [-0.05, 0) is 75.2 Å². The van der Waals surface area contributed by atoms with Gasteiger partial charge in [0.1, 0.15) is 5.69 Å². The number of carbonyl (C=O) groups excluding carboxylic acids is 3. The molecule has 0 aliphatic carbocycles. The first kappa shape index (κ1) is 25.7. The van der Waals surface area contributed by atoms with Crippen molar-refractivity contribution in [2.75, 3.05) is 23.9 Å². The molecule has 0 unspecified atom stereocenters. The molecule has 3 N–H and O–H groups in total. The summed E-state index contributed by atoms with van der Waals surface area (Å²) in [6.07, 6.45) is 0.669. The molecule has 0 aliphatic rings. The predicted molar refractivity (Wildman–Crippen MR) is 137 cm³/mol. The van der Waals surface area contributed by atoms with Crippen LogP contribution in [0.2, 0.25) is 5.02 Å². The Morgan fingerprint density at radius 3 is 2.56 bits per heavy atom. The number of carbonyl (C=O) groups is 3. The van der Waals surface area contributed by atoms with Gasteiger partial charge < -0.3 is 15.4 Å². The number of nitrogens with zero attached hydrogens (tertiary/aromatic N) is 1. The van der Waals surface area contributed by atoms with Crippen molar-refractivity contribution >= 4 is 61.8 Å². The minimum Gasteiger partial charge on any atom is -0.379 e. The van der Waals surface area contributed by atoms with Gasteiger partial charge in [-0.2, -0.15) is 0 Å². The summed E-state index contributed by atoms with van der Waals surface area (Å²) in [6.45, 7) is 6.52. The minimum absolute atomic E-state index is 0.0976. The number of ether oxygens (including phenoxy) is 1. The molecule has 180 valence electrons. The van der Waals surface area contributed by atoms with Crippen molar-refractivity contribution in [1.82, 2.24) is 9.99 Å². The number of amides is 3. The highest BCUT2D eigenvalue weighted by Gasteiger charge is 2.21. The standard InChI is InChI=1S/C24H26BrClN4O4/c1-14(2)34-10-4-9-27-23(32)24(33)29-30-20-8-5-17(26)12-16(20)13-21(30)22(31)28-18-6-7-19(25)15(3)11-18/h5-8,11-14H,4,9-10H2,1-3H3,(H,27,32)(H,28,31)(H,29,33). The van der Waals surface area contributed by atoms with E-state index in [4.69, 9.17) is 16.3 Å². The highest BCUT2D eigenvalue weighted by atomic mass is 79.9. The van der Waals surface area contributed by atoms with Gasteiger partial charge in [0.2, 0.25) is 0 Å². The zero-order valence-electron chi connectivity index (χ0n) is 19.1. The smallest absolute Gasteiger partial charge is 0.328 e. The van der Waals surface area contributed by atoms with Crippen LogP contribution in [0.25, 0.3) is 10.9 Å². The molecule has 10 heteroatoms. The Kier molecular flexibility index (Phi) is 8.71. The molecule has 0 spiro atoms. The van der Waals surface area contributed by atoms with Gasteiger partial charge in [0.05, 0.1) is 11.6 Å². The Bertz CT molecular complexity index is 1230. The quantitative estimate of drug-likeness (QED) is 0.282. The van der Waals surface area contributed by atoms with Crippen LogP contribution >= 0.6 is 27.5 Å². The van der Waals surface area contributed by atoms with Gasteiger partial charge >= 0.3 is 11.8 Å². The van der Waals surface area contributed by atoms with Gasteiger partial charge in [-0.3, -0.25) is 19.8 Å². The number of benzene rings is 2. The molecular weight excluding hydrogens is 524 g/mol. The second-order valence-electron chi connectivity index (χ2n) is 7.96. The molecule has 3 amide bonds. The molecule has 1 heterocycles. The van der Waals surface area contributed by atoms with Crippen LogP contribution < -0.4 is 16.1 Å². The van der Waals surface area contributed by atoms with Gasteiger partial charge in [0.25, 0.3) is 5.91 Å². The van der Waals surface area contributed by atoms with Crippen LogP contribution in [0, 0.1) is 6.92 Å². The molecule has 0 atom stereocenters. The molecule has 1 aromatic heterocycles. The van der Waals surface area contributed by atoms with Crippen LogP contribution in [0.4, 0.5) is 5.69 Å². The summed E-state index contributed by atoms with van der Waals surface area (Å²) in [5.41, 5.74) is 4.73. The average molecular weight is 550 g/mol. The normalized spacial score (nSPS) is 11.0. The topological polar surface area (TPSA) is 101 Å². The van der Waals surface area contributed by atoms with E-state index in [0.717, 1.165) is 10.0 Å². The molecule has 34 heavy (non-hydrogen) atoms. The summed E-state index contributed by atoms with van der Waals surface area (Å²) in [4.78, 5) is 38.0. The van der Waals surface area contributed by atoms with E-state index >= 15 is 0 Å². The van der Waals surface area contributed by atoms with E-state index in [1.807, 2.05) is 32.9 Å². The number of hydrogen-bond donors (Lipinski definition) is 3. The lowest BCUT2D eigenvalue weighted by atomic mass is 10.2. The van der Waals surface area contributed by atoms with E-state index in [0.29, 0.717) is 34.6 Å². The largest absolute Gasteiger partial charge is 0.379 e. The van der Waals surface area contributed by atoms with E-state index in [2.05, 4.69) is 32.0 Å². The third-order valence-corrected chi connectivity index (χ3v) is 6.01. The molecule has 0 radical (unpaired) electrons. The van der Waals surface area contributed by atoms with Gasteiger partial charge in [-0.1, -0.05) is 27.5 Å². The number of aromatic nitrogens is 1. The fraction of sp³-hybridized carbons (Fsp3) is 0.292. The lowest BCUT2D eigenvalue weighted by Gasteiger charge is -2.13. The highest BCUT2D eigenvalue weighted by Crippen LogP contribution is 2.25. The first-order valence-corrected chi connectivity index (χ1v) is 11.9. The Balaban J connectivity index is 1.78. The number of aryl methyl sites for hydroxylation is 1. The van der Waals surface area contributed by atoms with Crippen molar-refractivity contribution in [2.45, 2.75) is 33.3 Å². The van der Waals surface area contributed by atoms with Crippen LogP contribution in [-0.4, -0.2) is 41.7 Å². The van der Waals surface area contributed by atoms with Crippen LogP contribution in [0.5, 0.6) is 0 Å². The minimum atomic E-state index is -0.897. The lowest BCUT2D eigenvalue weighted by Crippen LogP contribution is -2.40. The predicted octanol–water partition coefficient (Wildman–Crippen LogP) is 4.62. The number of rotatable bonds is 8. The van der Waals surface area contributed by atoms with E-state index in [1.165, 1.54) is 4.68 Å². The van der Waals surface area contributed by atoms with Crippen molar-refractivity contribution < 1.29 is 19.1 Å². The summed E-state index contributed by atoms with van der Waals surface area (Å²) in [5.74, 6) is -2.17. The maximum atomic E-state index is 13.1. The lowest BCUT2D eigenvalue weighted by molar-refractivity contribution is -0.136. The number of fused-ring (bicyclic) bond motifs is 1. The fourth-order valence-electron chi connectivity index (χ4n) is 3.22. The van der Waals surface area contributed by atoms with Gasteiger partial charge in [-0.25, -0.2) is 4.68 Å². The number of anilines is 1. The second kappa shape index (κ2) is 11.5. The molecule has 0 fully saturated rings. The van der Waals surface area contributed by atoms with Crippen molar-refractivity contribution in [3.05, 3.63) is 63.2 Å². The van der Waals surface area contributed by atoms with Gasteiger partial charge in [0.15, 0.2) is 0 Å². The van der Waals surface area contributed by atoms with Crippen molar-refractivity contribution in [3.63, 3.8) is 0 Å². The van der Waals surface area contributed by atoms with Crippen LogP contribution in [0.3, 0.4) is 0 Å². The molecular formula is C24H26BrClN4O4. The molecule has 3 aromatic rings. The van der Waals surface area contributed by atoms with E-state index in [-0.39, 0.29) is 18.3 Å². The number of halogens is 2.